The summed E-state index contributed by atoms with van der Waals surface area (Å²) in [6.45, 7) is 12.7. The topological polar surface area (TPSA) is 20.2 Å². The van der Waals surface area contributed by atoms with Crippen molar-refractivity contribution in [2.75, 3.05) is 26.2 Å². The lowest BCUT2D eigenvalue weighted by Crippen LogP contribution is -3.00. The third-order valence-corrected chi connectivity index (χ3v) is 5.47. The quantitative estimate of drug-likeness (QED) is 0.267. The smallest absolute Gasteiger partial charge is 0.105 e. The molecular weight excluding hydrogens is 329 g/mol. The fourth-order valence-corrected chi connectivity index (χ4v) is 3.58. The number of unbranched alkanes of at least 4 members (excludes halogenated alkanes) is 6. The van der Waals surface area contributed by atoms with E-state index in [1.54, 1.807) is 0 Å². The number of aliphatic hydroxyl groups excluding tert-OH is 1. The second kappa shape index (κ2) is 16.0. The summed E-state index contributed by atoms with van der Waals surface area (Å²) in [7, 11) is 0. The van der Waals surface area contributed by atoms with Gasteiger partial charge in [-0.3, -0.25) is 0 Å². The van der Waals surface area contributed by atoms with Gasteiger partial charge in [-0.15, -0.1) is 11.6 Å². The summed E-state index contributed by atoms with van der Waals surface area (Å²) in [5.41, 5.74) is 0. The molecule has 4 heteroatoms. The van der Waals surface area contributed by atoms with Crippen molar-refractivity contribution in [3.8, 4) is 0 Å². The van der Waals surface area contributed by atoms with Crippen LogP contribution >= 0.6 is 11.6 Å². The summed E-state index contributed by atoms with van der Waals surface area (Å²) in [5, 5.41) is 10.0. The number of rotatable bonds is 15. The molecule has 0 aliphatic carbocycles. The molecule has 2 nitrogen and oxygen atoms in total. The monoisotopic (exact) mass is 369 g/mol. The zero-order valence-corrected chi connectivity index (χ0v) is 17.5. The van der Waals surface area contributed by atoms with E-state index in [-0.39, 0.29) is 18.5 Å². The number of nitrogens with zero attached hydrogens (tertiary/aromatic N) is 1. The number of quaternary nitrogens is 1. The molecule has 0 aromatic heterocycles. The number of aliphatic hydroxyl groups is 1. The van der Waals surface area contributed by atoms with Crippen LogP contribution in [-0.4, -0.2) is 47.2 Å². The molecule has 0 radical (unpaired) electrons. The van der Waals surface area contributed by atoms with Gasteiger partial charge in [0.25, 0.3) is 0 Å². The molecule has 0 aromatic rings. The van der Waals surface area contributed by atoms with E-state index >= 15 is 0 Å². The normalized spacial score (nSPS) is 14.3. The van der Waals surface area contributed by atoms with Crippen LogP contribution in [0.5, 0.6) is 0 Å². The van der Waals surface area contributed by atoms with E-state index in [4.69, 9.17) is 11.6 Å². The Morgan fingerprint density at radius 1 is 0.870 bits per heavy atom. The van der Waals surface area contributed by atoms with E-state index in [0.717, 1.165) is 43.5 Å². The van der Waals surface area contributed by atoms with E-state index in [1.165, 1.54) is 44.9 Å². The van der Waals surface area contributed by atoms with E-state index in [9.17, 15) is 5.11 Å². The third kappa shape index (κ3) is 13.5. The summed E-state index contributed by atoms with van der Waals surface area (Å²) in [6.07, 6.45) is 11.5. The van der Waals surface area contributed by atoms with Gasteiger partial charge in [0.2, 0.25) is 0 Å². The van der Waals surface area contributed by atoms with Gasteiger partial charge in [0, 0.05) is 11.8 Å². The van der Waals surface area contributed by atoms with Crippen molar-refractivity contribution in [2.24, 2.45) is 0 Å². The molecule has 0 aromatic carbocycles. The summed E-state index contributed by atoms with van der Waals surface area (Å²) in [6, 6.07) is 0. The fraction of sp³-hybridized carbons (Fsp3) is 1.00. The molecular formula is C19H41Cl2NO. The maximum Gasteiger partial charge on any atom is 0.105 e. The summed E-state index contributed by atoms with van der Waals surface area (Å²) in [5.74, 6) is 0. The molecule has 0 aliphatic rings. The molecule has 0 fully saturated rings. The Morgan fingerprint density at radius 2 is 1.39 bits per heavy atom. The summed E-state index contributed by atoms with van der Waals surface area (Å²) < 4.78 is 0.998. The predicted molar refractivity (Wildman–Crippen MR) is 99.6 cm³/mol. The van der Waals surface area contributed by atoms with Gasteiger partial charge in [0.05, 0.1) is 19.6 Å². The maximum atomic E-state index is 9.73. The molecule has 0 amide bonds. The van der Waals surface area contributed by atoms with Crippen molar-refractivity contribution >= 4 is 11.6 Å². The van der Waals surface area contributed by atoms with Crippen LogP contribution in [0.3, 0.4) is 0 Å². The first-order valence-electron chi connectivity index (χ1n) is 9.66. The van der Waals surface area contributed by atoms with Crippen LogP contribution < -0.4 is 12.4 Å². The fourth-order valence-electron chi connectivity index (χ4n) is 3.33. The summed E-state index contributed by atoms with van der Waals surface area (Å²) in [4.78, 5) is 0. The number of hydrogen-bond donors (Lipinski definition) is 1. The Bertz CT molecular complexity index is 246. The highest BCUT2D eigenvalue weighted by atomic mass is 35.5. The van der Waals surface area contributed by atoms with Gasteiger partial charge in [0.15, 0.2) is 0 Å². The average Bonchev–Trinajstić information content (AvgIpc) is 2.50. The molecule has 0 saturated carbocycles. The number of alkyl halides is 1. The van der Waals surface area contributed by atoms with E-state index in [1.807, 2.05) is 6.92 Å². The van der Waals surface area contributed by atoms with Crippen LogP contribution in [0.4, 0.5) is 0 Å². The molecule has 0 saturated heterocycles. The molecule has 0 bridgehead atoms. The van der Waals surface area contributed by atoms with Crippen molar-refractivity contribution in [1.82, 2.24) is 0 Å². The lowest BCUT2D eigenvalue weighted by molar-refractivity contribution is -0.927. The van der Waals surface area contributed by atoms with Crippen LogP contribution in [0.2, 0.25) is 0 Å². The molecule has 23 heavy (non-hydrogen) atoms. The van der Waals surface area contributed by atoms with Crippen molar-refractivity contribution in [1.29, 1.82) is 0 Å². The van der Waals surface area contributed by atoms with Crippen LogP contribution in [0.1, 0.15) is 85.5 Å². The third-order valence-electron chi connectivity index (χ3n) is 5.03. The molecule has 0 aliphatic heterocycles. The van der Waals surface area contributed by atoms with Gasteiger partial charge in [-0.1, -0.05) is 51.9 Å². The largest absolute Gasteiger partial charge is 1.00 e. The Labute approximate surface area is 157 Å². The van der Waals surface area contributed by atoms with Gasteiger partial charge >= 0.3 is 0 Å². The van der Waals surface area contributed by atoms with Crippen LogP contribution in [0, 0.1) is 0 Å². The molecule has 0 heterocycles. The Balaban J connectivity index is 0. The number of hydrogen-bond acceptors (Lipinski definition) is 1. The van der Waals surface area contributed by atoms with E-state index < -0.39 is 0 Å². The van der Waals surface area contributed by atoms with Crippen molar-refractivity contribution in [3.63, 3.8) is 0 Å². The minimum absolute atomic E-state index is 0. The van der Waals surface area contributed by atoms with Crippen LogP contribution in [-0.2, 0) is 0 Å². The molecule has 2 unspecified atom stereocenters. The predicted octanol–water partition coefficient (Wildman–Crippen LogP) is 2.37. The molecule has 1 N–H and O–H groups in total. The van der Waals surface area contributed by atoms with Gasteiger partial charge < -0.3 is 22.0 Å². The average molecular weight is 370 g/mol. The molecule has 142 valence electrons. The highest BCUT2D eigenvalue weighted by Crippen LogP contribution is 2.18. The first-order valence-corrected chi connectivity index (χ1v) is 10.1. The minimum Gasteiger partial charge on any atom is -1.00 e. The second-order valence-electron chi connectivity index (χ2n) is 7.03. The first kappa shape index (κ1) is 25.7. The van der Waals surface area contributed by atoms with Gasteiger partial charge in [-0.2, -0.15) is 0 Å². The van der Waals surface area contributed by atoms with Crippen LogP contribution in [0.15, 0.2) is 0 Å². The van der Waals surface area contributed by atoms with Gasteiger partial charge in [-0.25, -0.2) is 0 Å². The Kier molecular flexibility index (Phi) is 17.9. The number of halogens is 2. The lowest BCUT2D eigenvalue weighted by atomic mass is 10.1. The summed E-state index contributed by atoms with van der Waals surface area (Å²) >= 11 is 6.53. The van der Waals surface area contributed by atoms with E-state index in [0.29, 0.717) is 5.38 Å². The van der Waals surface area contributed by atoms with Crippen molar-refractivity contribution in [2.45, 2.75) is 97.0 Å². The van der Waals surface area contributed by atoms with Crippen LogP contribution in [0.25, 0.3) is 0 Å². The van der Waals surface area contributed by atoms with Gasteiger partial charge in [0.1, 0.15) is 12.6 Å². The molecule has 2 atom stereocenters. The highest BCUT2D eigenvalue weighted by Gasteiger charge is 2.25. The minimum atomic E-state index is -0.225. The Hall–Kier alpha value is 0.500. The highest BCUT2D eigenvalue weighted by molar-refractivity contribution is 6.20. The van der Waals surface area contributed by atoms with Gasteiger partial charge in [-0.05, 0) is 27.2 Å². The standard InChI is InChI=1S/C19H41ClNO.ClH/c1-5-8-9-10-11-12-13-14-19(20)15-16-21(6-2,7-3)17-18(4)22;/h18-19,22H,5-17H2,1-4H3;1H/q+1;/p-1. The van der Waals surface area contributed by atoms with Crippen molar-refractivity contribution < 1.29 is 22.0 Å². The molecule has 0 spiro atoms. The van der Waals surface area contributed by atoms with E-state index in [2.05, 4.69) is 20.8 Å². The van der Waals surface area contributed by atoms with Crippen molar-refractivity contribution in [3.05, 3.63) is 0 Å². The maximum absolute atomic E-state index is 9.73. The number of likely N-dealkylation sites (N-methyl/N-ethyl adjacent to an activating group) is 1. The SMILES string of the molecule is CCCCCCCCCC(Cl)CC[N+](CC)(CC)CC(C)O.[Cl-]. The first-order chi connectivity index (χ1) is 10.5. The molecule has 0 rings (SSSR count). The Morgan fingerprint density at radius 3 is 1.87 bits per heavy atom. The zero-order valence-electron chi connectivity index (χ0n) is 16.0. The zero-order chi connectivity index (χ0) is 16.8. The second-order valence-corrected chi connectivity index (χ2v) is 7.64. The lowest BCUT2D eigenvalue weighted by Gasteiger charge is -2.38.